The normalized spacial score (nSPS) is 21.7. The van der Waals surface area contributed by atoms with E-state index in [-0.39, 0.29) is 17.9 Å². The Kier molecular flexibility index (Phi) is 5.49. The van der Waals surface area contributed by atoms with E-state index in [9.17, 15) is 9.59 Å². The van der Waals surface area contributed by atoms with Crippen LogP contribution in [0.2, 0.25) is 5.02 Å². The van der Waals surface area contributed by atoms with Crippen LogP contribution >= 0.6 is 11.6 Å². The van der Waals surface area contributed by atoms with Crippen molar-refractivity contribution in [3.63, 3.8) is 0 Å². The van der Waals surface area contributed by atoms with Crippen LogP contribution in [0, 0.1) is 0 Å². The number of rotatable bonds is 5. The lowest BCUT2D eigenvalue weighted by molar-refractivity contribution is -0.133. The highest BCUT2D eigenvalue weighted by molar-refractivity contribution is 6.30. The van der Waals surface area contributed by atoms with Crippen molar-refractivity contribution in [2.24, 2.45) is 0 Å². The van der Waals surface area contributed by atoms with Gasteiger partial charge in [0, 0.05) is 29.7 Å². The van der Waals surface area contributed by atoms with Gasteiger partial charge in [0.15, 0.2) is 5.58 Å². The molecule has 3 aromatic rings. The van der Waals surface area contributed by atoms with E-state index in [1.165, 1.54) is 6.42 Å². The number of aromatic nitrogens is 1. The Morgan fingerprint density at radius 2 is 1.94 bits per heavy atom. The van der Waals surface area contributed by atoms with Crippen LogP contribution in [0.5, 0.6) is 0 Å². The molecule has 0 spiro atoms. The lowest BCUT2D eigenvalue weighted by Crippen LogP contribution is -2.65. The third kappa shape index (κ3) is 3.71. The highest BCUT2D eigenvalue weighted by Crippen LogP contribution is 2.33. The Bertz CT molecular complexity index is 1140. The molecule has 1 N–H and O–H groups in total. The van der Waals surface area contributed by atoms with Gasteiger partial charge in [-0.15, -0.1) is 0 Å². The van der Waals surface area contributed by atoms with Crippen LogP contribution in [0.25, 0.3) is 11.1 Å². The molecule has 3 heterocycles. The fourth-order valence-corrected chi connectivity index (χ4v) is 5.23. The zero-order valence-electron chi connectivity index (χ0n) is 18.3. The number of fused-ring (bicyclic) bond motifs is 3. The van der Waals surface area contributed by atoms with E-state index in [2.05, 4.69) is 5.32 Å². The molecule has 1 aliphatic heterocycles. The zero-order chi connectivity index (χ0) is 22.3. The summed E-state index contributed by atoms with van der Waals surface area (Å²) in [4.78, 5) is 29.0. The number of nitrogens with zero attached hydrogens (tertiary/aromatic N) is 2. The van der Waals surface area contributed by atoms with E-state index in [0.29, 0.717) is 35.8 Å². The molecule has 2 aromatic heterocycles. The average molecular weight is 454 g/mol. The fraction of sp³-hybridized carbons (Fsp3) is 0.440. The van der Waals surface area contributed by atoms with E-state index in [0.717, 1.165) is 36.8 Å². The topological polar surface area (TPSA) is 67.5 Å². The molecular weight excluding hydrogens is 426 g/mol. The van der Waals surface area contributed by atoms with Gasteiger partial charge in [-0.1, -0.05) is 43.0 Å². The molecule has 0 radical (unpaired) electrons. The first-order valence-corrected chi connectivity index (χ1v) is 11.8. The van der Waals surface area contributed by atoms with Gasteiger partial charge in [0.05, 0.1) is 18.3 Å². The minimum absolute atomic E-state index is 0.0788. The maximum Gasteiger partial charge on any atom is 0.271 e. The van der Waals surface area contributed by atoms with Gasteiger partial charge < -0.3 is 19.2 Å². The highest BCUT2D eigenvalue weighted by atomic mass is 35.5. The lowest BCUT2D eigenvalue weighted by Gasteiger charge is -2.45. The molecule has 168 valence electrons. The SMILES string of the molecule is C[C@]1(C(=O)NC2CCCCC2)Cn2c(cc3occc32)C(=O)N1CCc1ccc(Cl)cc1. The van der Waals surface area contributed by atoms with Crippen molar-refractivity contribution in [3.05, 3.63) is 58.9 Å². The maximum absolute atomic E-state index is 13.6. The molecule has 1 fully saturated rings. The summed E-state index contributed by atoms with van der Waals surface area (Å²) in [5.41, 5.74) is 2.17. The third-order valence-electron chi connectivity index (χ3n) is 7.02. The van der Waals surface area contributed by atoms with Crippen LogP contribution in [0.4, 0.5) is 0 Å². The number of halogens is 1. The average Bonchev–Trinajstić information content (AvgIpc) is 3.38. The molecule has 6 nitrogen and oxygen atoms in total. The van der Waals surface area contributed by atoms with Gasteiger partial charge in [0.25, 0.3) is 5.91 Å². The van der Waals surface area contributed by atoms with E-state index in [1.54, 1.807) is 17.2 Å². The van der Waals surface area contributed by atoms with Crippen LogP contribution in [0.3, 0.4) is 0 Å². The summed E-state index contributed by atoms with van der Waals surface area (Å²) >= 11 is 6.02. The van der Waals surface area contributed by atoms with Crippen LogP contribution < -0.4 is 5.32 Å². The number of nitrogens with one attached hydrogen (secondary N) is 1. The summed E-state index contributed by atoms with van der Waals surface area (Å²) in [5, 5.41) is 3.94. The molecule has 1 aromatic carbocycles. The highest BCUT2D eigenvalue weighted by Gasteiger charge is 2.48. The van der Waals surface area contributed by atoms with E-state index >= 15 is 0 Å². The Balaban J connectivity index is 1.46. The van der Waals surface area contributed by atoms with E-state index in [1.807, 2.05) is 41.8 Å². The van der Waals surface area contributed by atoms with Crippen molar-refractivity contribution in [1.29, 1.82) is 0 Å². The largest absolute Gasteiger partial charge is 0.463 e. The Morgan fingerprint density at radius 1 is 1.19 bits per heavy atom. The summed E-state index contributed by atoms with van der Waals surface area (Å²) in [6.45, 7) is 2.73. The van der Waals surface area contributed by atoms with E-state index in [4.69, 9.17) is 16.0 Å². The molecule has 1 aliphatic carbocycles. The van der Waals surface area contributed by atoms with Crippen molar-refractivity contribution in [1.82, 2.24) is 14.8 Å². The maximum atomic E-state index is 13.6. The number of carbonyl (C=O) groups is 2. The Labute approximate surface area is 192 Å². The molecule has 2 aliphatic rings. The number of carbonyl (C=O) groups excluding carboxylic acids is 2. The van der Waals surface area contributed by atoms with Crippen molar-refractivity contribution in [2.75, 3.05) is 6.54 Å². The number of hydrogen-bond acceptors (Lipinski definition) is 3. The van der Waals surface area contributed by atoms with Crippen molar-refractivity contribution in [3.8, 4) is 0 Å². The molecule has 32 heavy (non-hydrogen) atoms. The van der Waals surface area contributed by atoms with Gasteiger partial charge in [0.1, 0.15) is 11.2 Å². The predicted molar refractivity (Wildman–Crippen MR) is 124 cm³/mol. The van der Waals surface area contributed by atoms with Gasteiger partial charge in [0.2, 0.25) is 5.91 Å². The Morgan fingerprint density at radius 3 is 2.69 bits per heavy atom. The smallest absolute Gasteiger partial charge is 0.271 e. The van der Waals surface area contributed by atoms with Crippen LogP contribution in [0.15, 0.2) is 47.1 Å². The predicted octanol–water partition coefficient (Wildman–Crippen LogP) is 4.79. The number of furan rings is 1. The molecule has 5 rings (SSSR count). The second-order valence-electron chi connectivity index (χ2n) is 9.20. The third-order valence-corrected chi connectivity index (χ3v) is 7.27. The fourth-order valence-electron chi connectivity index (χ4n) is 5.10. The molecule has 0 unspecified atom stereocenters. The first-order chi connectivity index (χ1) is 15.5. The summed E-state index contributed by atoms with van der Waals surface area (Å²) in [5.74, 6) is -0.220. The lowest BCUT2D eigenvalue weighted by atomic mass is 9.91. The van der Waals surface area contributed by atoms with Crippen molar-refractivity contribution < 1.29 is 14.0 Å². The molecule has 7 heteroatoms. The standard InChI is InChI=1S/C25H28ClN3O3/c1-25(24(31)27-19-5-3-2-4-6-19)16-28-20-12-14-32-22(20)15-21(28)23(30)29(25)13-11-17-7-9-18(26)10-8-17/h7-10,12,14-15,19H,2-6,11,13,16H2,1H3,(H,27,31)/t25-/m1/s1. The first-order valence-electron chi connectivity index (χ1n) is 11.4. The van der Waals surface area contributed by atoms with Gasteiger partial charge >= 0.3 is 0 Å². The molecule has 0 bridgehead atoms. The zero-order valence-corrected chi connectivity index (χ0v) is 19.0. The van der Waals surface area contributed by atoms with Crippen molar-refractivity contribution in [2.45, 2.75) is 63.6 Å². The van der Waals surface area contributed by atoms with Gasteiger partial charge in [-0.2, -0.15) is 0 Å². The summed E-state index contributed by atoms with van der Waals surface area (Å²) in [6.07, 6.45) is 7.76. The summed E-state index contributed by atoms with van der Waals surface area (Å²) in [7, 11) is 0. The molecule has 1 atom stereocenters. The van der Waals surface area contributed by atoms with Crippen molar-refractivity contribution >= 4 is 34.5 Å². The summed E-state index contributed by atoms with van der Waals surface area (Å²) < 4.78 is 7.47. The molecule has 2 amide bonds. The minimum atomic E-state index is -0.989. The second-order valence-corrected chi connectivity index (χ2v) is 9.64. The minimum Gasteiger partial charge on any atom is -0.463 e. The quantitative estimate of drug-likeness (QED) is 0.603. The molecule has 0 saturated heterocycles. The van der Waals surface area contributed by atoms with Gasteiger partial charge in [-0.25, -0.2) is 0 Å². The monoisotopic (exact) mass is 453 g/mol. The summed E-state index contributed by atoms with van der Waals surface area (Å²) in [6, 6.07) is 11.5. The number of hydrogen-bond donors (Lipinski definition) is 1. The number of benzene rings is 1. The van der Waals surface area contributed by atoms with Crippen LogP contribution in [-0.2, 0) is 17.8 Å². The van der Waals surface area contributed by atoms with Gasteiger partial charge in [-0.3, -0.25) is 9.59 Å². The second kappa shape index (κ2) is 8.32. The van der Waals surface area contributed by atoms with Gasteiger partial charge in [-0.05, 0) is 43.9 Å². The first kappa shape index (κ1) is 21.1. The van der Waals surface area contributed by atoms with E-state index < -0.39 is 5.54 Å². The Hall–Kier alpha value is -2.73. The molecule has 1 saturated carbocycles. The number of amides is 2. The van der Waals surface area contributed by atoms with Crippen LogP contribution in [0.1, 0.15) is 55.1 Å². The molecular formula is C25H28ClN3O3. The van der Waals surface area contributed by atoms with Crippen LogP contribution in [-0.4, -0.2) is 39.4 Å².